The fraction of sp³-hybridized carbons (Fsp3) is 0.385. The molecule has 19 heavy (non-hydrogen) atoms. The lowest BCUT2D eigenvalue weighted by atomic mass is 10.1. The number of ether oxygens (including phenoxy) is 1. The van der Waals surface area contributed by atoms with Crippen LogP contribution in [0.25, 0.3) is 0 Å². The zero-order valence-corrected chi connectivity index (χ0v) is 12.8. The second-order valence-corrected chi connectivity index (χ2v) is 5.83. The fourth-order valence-corrected chi connectivity index (χ4v) is 2.57. The van der Waals surface area contributed by atoms with Crippen molar-refractivity contribution in [2.75, 3.05) is 14.2 Å². The van der Waals surface area contributed by atoms with E-state index < -0.39 is 0 Å². The summed E-state index contributed by atoms with van der Waals surface area (Å²) in [6.07, 6.45) is 0. The third-order valence-corrected chi connectivity index (χ3v) is 3.83. The third-order valence-electron chi connectivity index (χ3n) is 2.84. The molecule has 2 rings (SSSR count). The highest BCUT2D eigenvalue weighted by Crippen LogP contribution is 2.21. The summed E-state index contributed by atoms with van der Waals surface area (Å²) < 4.78 is 9.76. The molecule has 1 aromatic carbocycles. The number of rotatable bonds is 5. The SMILES string of the molecule is COc1ccc(CN(C)Cc2nnsc2Cl)cc1C. The van der Waals surface area contributed by atoms with Crippen LogP contribution in [-0.2, 0) is 13.1 Å². The zero-order valence-electron chi connectivity index (χ0n) is 11.2. The lowest BCUT2D eigenvalue weighted by Gasteiger charge is -2.16. The number of hydrogen-bond donors (Lipinski definition) is 0. The predicted octanol–water partition coefficient (Wildman–Crippen LogP) is 3.14. The normalized spacial score (nSPS) is 11.0. The van der Waals surface area contributed by atoms with Crippen LogP contribution in [-0.4, -0.2) is 28.6 Å². The van der Waals surface area contributed by atoms with Gasteiger partial charge in [-0.15, -0.1) is 5.10 Å². The van der Waals surface area contributed by atoms with Crippen LogP contribution in [0.2, 0.25) is 4.34 Å². The van der Waals surface area contributed by atoms with Crippen molar-refractivity contribution in [2.24, 2.45) is 0 Å². The zero-order chi connectivity index (χ0) is 13.8. The van der Waals surface area contributed by atoms with Crippen LogP contribution in [0.1, 0.15) is 16.8 Å². The summed E-state index contributed by atoms with van der Waals surface area (Å²) >= 11 is 7.22. The number of methoxy groups -OCH3 is 1. The summed E-state index contributed by atoms with van der Waals surface area (Å²) in [4.78, 5) is 2.16. The summed E-state index contributed by atoms with van der Waals surface area (Å²) in [5.41, 5.74) is 3.21. The van der Waals surface area contributed by atoms with Gasteiger partial charge < -0.3 is 4.74 Å². The van der Waals surface area contributed by atoms with Crippen LogP contribution in [0.15, 0.2) is 18.2 Å². The van der Waals surface area contributed by atoms with Crippen molar-refractivity contribution < 1.29 is 4.74 Å². The van der Waals surface area contributed by atoms with E-state index in [1.807, 2.05) is 20.0 Å². The Morgan fingerprint density at radius 3 is 2.74 bits per heavy atom. The summed E-state index contributed by atoms with van der Waals surface area (Å²) in [6.45, 7) is 3.57. The van der Waals surface area contributed by atoms with Gasteiger partial charge in [0.05, 0.1) is 7.11 Å². The number of nitrogens with zero attached hydrogens (tertiary/aromatic N) is 3. The van der Waals surface area contributed by atoms with Crippen LogP contribution in [0.5, 0.6) is 5.75 Å². The maximum atomic E-state index is 6.00. The monoisotopic (exact) mass is 297 g/mol. The van der Waals surface area contributed by atoms with E-state index in [1.54, 1.807) is 7.11 Å². The number of hydrogen-bond acceptors (Lipinski definition) is 5. The van der Waals surface area contributed by atoms with Crippen molar-refractivity contribution in [3.8, 4) is 5.75 Å². The van der Waals surface area contributed by atoms with Crippen LogP contribution in [0, 0.1) is 6.92 Å². The minimum absolute atomic E-state index is 0.665. The Kier molecular flexibility index (Phi) is 4.74. The molecule has 0 radical (unpaired) electrons. The first-order valence-electron chi connectivity index (χ1n) is 5.89. The molecule has 2 aromatic rings. The van der Waals surface area contributed by atoms with Gasteiger partial charge in [0, 0.05) is 24.6 Å². The average Bonchev–Trinajstić information content (AvgIpc) is 2.75. The third kappa shape index (κ3) is 3.65. The van der Waals surface area contributed by atoms with Crippen molar-refractivity contribution >= 4 is 23.1 Å². The Morgan fingerprint density at radius 1 is 1.37 bits per heavy atom. The first-order valence-corrected chi connectivity index (χ1v) is 7.04. The van der Waals surface area contributed by atoms with E-state index in [1.165, 1.54) is 17.1 Å². The molecule has 6 heteroatoms. The Balaban J connectivity index is 2.01. The van der Waals surface area contributed by atoms with Crippen molar-refractivity contribution in [2.45, 2.75) is 20.0 Å². The molecule has 0 bridgehead atoms. The maximum Gasteiger partial charge on any atom is 0.138 e. The number of benzene rings is 1. The van der Waals surface area contributed by atoms with Crippen molar-refractivity contribution in [1.29, 1.82) is 0 Å². The molecule has 102 valence electrons. The smallest absolute Gasteiger partial charge is 0.138 e. The van der Waals surface area contributed by atoms with E-state index in [0.717, 1.165) is 23.6 Å². The average molecular weight is 298 g/mol. The van der Waals surface area contributed by atoms with E-state index >= 15 is 0 Å². The lowest BCUT2D eigenvalue weighted by molar-refractivity contribution is 0.314. The molecule has 0 N–H and O–H groups in total. The molecular weight excluding hydrogens is 282 g/mol. The van der Waals surface area contributed by atoms with Gasteiger partial charge in [0.25, 0.3) is 0 Å². The summed E-state index contributed by atoms with van der Waals surface area (Å²) in [7, 11) is 3.72. The Morgan fingerprint density at radius 2 is 2.16 bits per heavy atom. The van der Waals surface area contributed by atoms with Gasteiger partial charge in [-0.25, -0.2) is 0 Å². The van der Waals surface area contributed by atoms with Crippen LogP contribution in [0.3, 0.4) is 0 Å². The number of aromatic nitrogens is 2. The lowest BCUT2D eigenvalue weighted by Crippen LogP contribution is -2.17. The Labute approximate surface area is 122 Å². The quantitative estimate of drug-likeness (QED) is 0.850. The molecular formula is C13H16ClN3OS. The summed E-state index contributed by atoms with van der Waals surface area (Å²) in [5, 5.41) is 4.02. The van der Waals surface area contributed by atoms with Gasteiger partial charge in [0.1, 0.15) is 15.8 Å². The van der Waals surface area contributed by atoms with Crippen LogP contribution >= 0.6 is 23.1 Å². The first-order chi connectivity index (χ1) is 9.10. The van der Waals surface area contributed by atoms with Gasteiger partial charge >= 0.3 is 0 Å². The molecule has 0 aliphatic rings. The second-order valence-electron chi connectivity index (χ2n) is 4.47. The van der Waals surface area contributed by atoms with Crippen molar-refractivity contribution in [1.82, 2.24) is 14.5 Å². The van der Waals surface area contributed by atoms with E-state index in [-0.39, 0.29) is 0 Å². The maximum absolute atomic E-state index is 6.00. The highest BCUT2D eigenvalue weighted by molar-refractivity contribution is 7.10. The highest BCUT2D eigenvalue weighted by atomic mass is 35.5. The molecule has 0 aliphatic carbocycles. The van der Waals surface area contributed by atoms with Crippen LogP contribution < -0.4 is 4.74 Å². The molecule has 0 fully saturated rings. The van der Waals surface area contributed by atoms with E-state index in [0.29, 0.717) is 10.9 Å². The van der Waals surface area contributed by atoms with Gasteiger partial charge in [0.2, 0.25) is 0 Å². The second kappa shape index (κ2) is 6.32. The molecule has 1 aromatic heterocycles. The predicted molar refractivity (Wildman–Crippen MR) is 77.8 cm³/mol. The molecule has 0 saturated carbocycles. The molecule has 0 unspecified atom stereocenters. The minimum Gasteiger partial charge on any atom is -0.496 e. The standard InChI is InChI=1S/C13H16ClN3OS/c1-9-6-10(4-5-12(9)18-3)7-17(2)8-11-13(14)19-16-15-11/h4-6H,7-8H2,1-3H3. The van der Waals surface area contributed by atoms with Crippen molar-refractivity contribution in [3.05, 3.63) is 39.4 Å². The van der Waals surface area contributed by atoms with E-state index in [4.69, 9.17) is 16.3 Å². The number of aryl methyl sites for hydroxylation is 1. The highest BCUT2D eigenvalue weighted by Gasteiger charge is 2.09. The van der Waals surface area contributed by atoms with Gasteiger partial charge in [-0.3, -0.25) is 4.90 Å². The number of halogens is 1. The van der Waals surface area contributed by atoms with E-state index in [9.17, 15) is 0 Å². The van der Waals surface area contributed by atoms with E-state index in [2.05, 4.69) is 26.6 Å². The molecule has 0 saturated heterocycles. The molecule has 4 nitrogen and oxygen atoms in total. The topological polar surface area (TPSA) is 38.2 Å². The molecule has 1 heterocycles. The van der Waals surface area contributed by atoms with Gasteiger partial charge in [-0.2, -0.15) is 0 Å². The molecule has 0 spiro atoms. The molecule has 0 amide bonds. The van der Waals surface area contributed by atoms with Crippen molar-refractivity contribution in [3.63, 3.8) is 0 Å². The van der Waals surface area contributed by atoms with Gasteiger partial charge in [-0.1, -0.05) is 28.2 Å². The Bertz CT molecular complexity index is 559. The van der Waals surface area contributed by atoms with Crippen LogP contribution in [0.4, 0.5) is 0 Å². The Hall–Kier alpha value is -1.17. The molecule has 0 atom stereocenters. The first kappa shape index (κ1) is 14.2. The largest absolute Gasteiger partial charge is 0.496 e. The summed E-state index contributed by atoms with van der Waals surface area (Å²) in [6, 6.07) is 6.20. The van der Waals surface area contributed by atoms with Gasteiger partial charge in [0.15, 0.2) is 0 Å². The van der Waals surface area contributed by atoms with Gasteiger partial charge in [-0.05, 0) is 31.2 Å². The minimum atomic E-state index is 0.665. The molecule has 0 aliphatic heterocycles. The fourth-order valence-electron chi connectivity index (χ4n) is 1.95. The summed E-state index contributed by atoms with van der Waals surface area (Å²) in [5.74, 6) is 0.915.